The lowest BCUT2D eigenvalue weighted by Crippen LogP contribution is -2.53. The molecule has 0 spiro atoms. The first kappa shape index (κ1) is 30.3. The molecule has 3 aromatic carbocycles. The van der Waals surface area contributed by atoms with Gasteiger partial charge in [-0.05, 0) is 48.7 Å². The van der Waals surface area contributed by atoms with E-state index in [0.29, 0.717) is 18.0 Å². The molecule has 3 rings (SSSR count). The van der Waals surface area contributed by atoms with Crippen LogP contribution in [0.1, 0.15) is 36.5 Å². The topological polar surface area (TPSA) is 86.8 Å². The number of sulfonamides is 1. The molecule has 1 N–H and O–H groups in total. The lowest BCUT2D eigenvalue weighted by molar-refractivity contribution is -0.141. The Labute approximate surface area is 236 Å². The fraction of sp³-hybridized carbons (Fsp3) is 0.333. The minimum absolute atomic E-state index is 0.0328. The average Bonchev–Trinajstić information content (AvgIpc) is 2.92. The van der Waals surface area contributed by atoms with E-state index < -0.39 is 28.5 Å². The number of hydrogen-bond donors (Lipinski definition) is 1. The van der Waals surface area contributed by atoms with Gasteiger partial charge in [0.25, 0.3) is 0 Å². The van der Waals surface area contributed by atoms with Crippen LogP contribution in [0.25, 0.3) is 0 Å². The summed E-state index contributed by atoms with van der Waals surface area (Å²) >= 11 is 5.92. The minimum atomic E-state index is -3.96. The zero-order valence-corrected chi connectivity index (χ0v) is 24.2. The molecule has 0 bridgehead atoms. The molecular formula is C30H36ClN3O4S. The van der Waals surface area contributed by atoms with Gasteiger partial charge < -0.3 is 10.2 Å². The summed E-state index contributed by atoms with van der Waals surface area (Å²) in [5.41, 5.74) is 2.82. The molecule has 0 aliphatic rings. The van der Waals surface area contributed by atoms with E-state index in [-0.39, 0.29) is 17.3 Å². The smallest absolute Gasteiger partial charge is 0.243 e. The fourth-order valence-electron chi connectivity index (χ4n) is 4.10. The maximum absolute atomic E-state index is 13.8. The van der Waals surface area contributed by atoms with Gasteiger partial charge in [-0.15, -0.1) is 0 Å². The Morgan fingerprint density at radius 2 is 1.56 bits per heavy atom. The Bertz CT molecular complexity index is 1330. The molecule has 0 fully saturated rings. The number of carbonyl (C=O) groups excluding carboxylic acids is 2. The third kappa shape index (κ3) is 8.65. The number of hydrogen-bond acceptors (Lipinski definition) is 4. The first-order valence-corrected chi connectivity index (χ1v) is 14.8. The maximum Gasteiger partial charge on any atom is 0.243 e. The first-order chi connectivity index (χ1) is 18.6. The number of unbranched alkanes of at least 4 members (excludes halogenated alkanes) is 1. The van der Waals surface area contributed by atoms with Gasteiger partial charge in [-0.1, -0.05) is 85.1 Å². The van der Waals surface area contributed by atoms with Crippen molar-refractivity contribution in [2.45, 2.75) is 50.6 Å². The van der Waals surface area contributed by atoms with Gasteiger partial charge in [-0.25, -0.2) is 8.42 Å². The van der Waals surface area contributed by atoms with Crippen molar-refractivity contribution < 1.29 is 18.0 Å². The van der Waals surface area contributed by atoms with Crippen LogP contribution < -0.4 is 5.32 Å². The van der Waals surface area contributed by atoms with Gasteiger partial charge >= 0.3 is 0 Å². The summed E-state index contributed by atoms with van der Waals surface area (Å²) < 4.78 is 27.4. The summed E-state index contributed by atoms with van der Waals surface area (Å²) in [6.07, 6.45) is 2.03. The van der Waals surface area contributed by atoms with Gasteiger partial charge in [0, 0.05) is 31.6 Å². The Balaban J connectivity index is 1.94. The standard InChI is InChI=1S/C30H36ClN3O4S/c1-4-5-19-32-30(36)28(20-24-9-7-6-8-10-24)34(21-25-13-11-23(2)12-14-25)29(35)22-33(3)39(37,38)27-17-15-26(31)16-18-27/h6-18,28H,4-5,19-22H2,1-3H3,(H,32,36). The van der Waals surface area contributed by atoms with Gasteiger partial charge in [-0.3, -0.25) is 9.59 Å². The number of nitrogens with zero attached hydrogens (tertiary/aromatic N) is 2. The number of carbonyl (C=O) groups is 2. The summed E-state index contributed by atoms with van der Waals surface area (Å²) in [5, 5.41) is 3.38. The number of nitrogens with one attached hydrogen (secondary N) is 1. The van der Waals surface area contributed by atoms with Gasteiger partial charge in [0.1, 0.15) is 6.04 Å². The van der Waals surface area contributed by atoms with Gasteiger partial charge in [0.2, 0.25) is 21.8 Å². The number of aryl methyl sites for hydroxylation is 1. The molecule has 0 aliphatic heterocycles. The normalized spacial score (nSPS) is 12.2. The van der Waals surface area contributed by atoms with Crippen LogP contribution in [0, 0.1) is 6.92 Å². The number of amides is 2. The van der Waals surface area contributed by atoms with Crippen molar-refractivity contribution in [2.24, 2.45) is 0 Å². The van der Waals surface area contributed by atoms with Crippen LogP contribution >= 0.6 is 11.6 Å². The van der Waals surface area contributed by atoms with E-state index >= 15 is 0 Å². The third-order valence-corrected chi connectivity index (χ3v) is 8.52. The van der Waals surface area contributed by atoms with Crippen molar-refractivity contribution in [1.82, 2.24) is 14.5 Å². The Morgan fingerprint density at radius 1 is 0.923 bits per heavy atom. The molecule has 0 aliphatic carbocycles. The van der Waals surface area contributed by atoms with Gasteiger partial charge in [-0.2, -0.15) is 4.31 Å². The molecule has 3 aromatic rings. The number of benzene rings is 3. The van der Waals surface area contributed by atoms with Crippen LogP contribution in [-0.4, -0.2) is 55.6 Å². The van der Waals surface area contributed by atoms with Crippen molar-refractivity contribution in [3.8, 4) is 0 Å². The molecule has 208 valence electrons. The largest absolute Gasteiger partial charge is 0.354 e. The van der Waals surface area contributed by atoms with Crippen molar-refractivity contribution in [2.75, 3.05) is 20.1 Å². The van der Waals surface area contributed by atoms with Crippen molar-refractivity contribution >= 4 is 33.4 Å². The molecule has 0 heterocycles. The van der Waals surface area contributed by atoms with E-state index in [1.165, 1.54) is 36.2 Å². The van der Waals surface area contributed by atoms with Crippen LogP contribution in [0.2, 0.25) is 5.02 Å². The lowest BCUT2D eigenvalue weighted by Gasteiger charge is -2.32. The monoisotopic (exact) mass is 569 g/mol. The van der Waals surface area contributed by atoms with E-state index in [4.69, 9.17) is 11.6 Å². The Morgan fingerprint density at radius 3 is 2.18 bits per heavy atom. The molecule has 39 heavy (non-hydrogen) atoms. The van der Waals surface area contributed by atoms with Crippen LogP contribution in [-0.2, 0) is 32.6 Å². The minimum Gasteiger partial charge on any atom is -0.354 e. The second kappa shape index (κ2) is 14.3. The van der Waals surface area contributed by atoms with E-state index in [9.17, 15) is 18.0 Å². The predicted octanol–water partition coefficient (Wildman–Crippen LogP) is 4.83. The van der Waals surface area contributed by atoms with E-state index in [2.05, 4.69) is 5.32 Å². The predicted molar refractivity (Wildman–Crippen MR) is 155 cm³/mol. The molecule has 2 amide bonds. The van der Waals surface area contributed by atoms with E-state index in [1.807, 2.05) is 68.4 Å². The molecule has 0 aromatic heterocycles. The van der Waals surface area contributed by atoms with Crippen LogP contribution in [0.3, 0.4) is 0 Å². The van der Waals surface area contributed by atoms with Crippen LogP contribution in [0.5, 0.6) is 0 Å². The number of rotatable bonds is 13. The van der Waals surface area contributed by atoms with Gasteiger partial charge in [0.05, 0.1) is 11.4 Å². The van der Waals surface area contributed by atoms with E-state index in [0.717, 1.165) is 33.8 Å². The average molecular weight is 570 g/mol. The second-order valence-electron chi connectivity index (χ2n) is 9.57. The second-order valence-corrected chi connectivity index (χ2v) is 12.1. The Hall–Kier alpha value is -3.20. The number of likely N-dealkylation sites (N-methyl/N-ethyl adjacent to an activating group) is 1. The zero-order chi connectivity index (χ0) is 28.4. The molecule has 0 saturated heterocycles. The molecule has 7 nitrogen and oxygen atoms in total. The van der Waals surface area contributed by atoms with Crippen molar-refractivity contribution in [3.05, 3.63) is 101 Å². The summed E-state index contributed by atoms with van der Waals surface area (Å²) in [7, 11) is -2.60. The molecule has 0 saturated carbocycles. The highest BCUT2D eigenvalue weighted by molar-refractivity contribution is 7.89. The lowest BCUT2D eigenvalue weighted by atomic mass is 10.0. The summed E-state index contributed by atoms with van der Waals surface area (Å²) in [6.45, 7) is 4.25. The van der Waals surface area contributed by atoms with E-state index in [1.54, 1.807) is 0 Å². The third-order valence-electron chi connectivity index (χ3n) is 6.45. The summed E-state index contributed by atoms with van der Waals surface area (Å²) in [5.74, 6) is -0.738. The number of halogens is 1. The van der Waals surface area contributed by atoms with Crippen LogP contribution in [0.15, 0.2) is 83.8 Å². The van der Waals surface area contributed by atoms with Gasteiger partial charge in [0.15, 0.2) is 0 Å². The highest BCUT2D eigenvalue weighted by Crippen LogP contribution is 2.20. The molecule has 0 radical (unpaired) electrons. The molecule has 1 atom stereocenters. The first-order valence-electron chi connectivity index (χ1n) is 13.0. The molecule has 9 heteroatoms. The quantitative estimate of drug-likeness (QED) is 0.299. The van der Waals surface area contributed by atoms with Crippen molar-refractivity contribution in [3.63, 3.8) is 0 Å². The Kier molecular flexibility index (Phi) is 11.1. The fourth-order valence-corrected chi connectivity index (χ4v) is 5.35. The van der Waals surface area contributed by atoms with Crippen LogP contribution in [0.4, 0.5) is 0 Å². The highest BCUT2D eigenvalue weighted by Gasteiger charge is 2.33. The maximum atomic E-state index is 13.8. The van der Waals surface area contributed by atoms with Crippen molar-refractivity contribution in [1.29, 1.82) is 0 Å². The summed E-state index contributed by atoms with van der Waals surface area (Å²) in [6, 6.07) is 22.2. The molecular weight excluding hydrogens is 534 g/mol. The highest BCUT2D eigenvalue weighted by atomic mass is 35.5. The SMILES string of the molecule is CCCCNC(=O)C(Cc1ccccc1)N(Cc1ccc(C)cc1)C(=O)CN(C)S(=O)(=O)c1ccc(Cl)cc1. The summed E-state index contributed by atoms with van der Waals surface area (Å²) in [4.78, 5) is 28.9. The molecule has 1 unspecified atom stereocenters. The zero-order valence-electron chi connectivity index (χ0n) is 22.6.